The predicted octanol–water partition coefficient (Wildman–Crippen LogP) is 2.10. The van der Waals surface area contributed by atoms with E-state index in [1.807, 2.05) is 25.1 Å². The molecule has 1 aromatic rings. The number of piperazine rings is 1. The molecule has 0 bridgehead atoms. The second-order valence-electron chi connectivity index (χ2n) is 5.16. The van der Waals surface area contributed by atoms with Crippen molar-refractivity contribution in [2.24, 2.45) is 0 Å². The largest absolute Gasteiger partial charge is 0.329 e. The van der Waals surface area contributed by atoms with Crippen LogP contribution in [0.2, 0.25) is 0 Å². The predicted molar refractivity (Wildman–Crippen MR) is 76.0 cm³/mol. The van der Waals surface area contributed by atoms with E-state index in [0.717, 1.165) is 35.1 Å². The van der Waals surface area contributed by atoms with Crippen LogP contribution in [-0.2, 0) is 9.59 Å². The number of fused-ring (bicyclic) bond motifs is 1. The van der Waals surface area contributed by atoms with Crippen LogP contribution < -0.4 is 4.90 Å². The highest BCUT2D eigenvalue weighted by atomic mass is 79.9. The molecule has 0 aliphatic carbocycles. The van der Waals surface area contributed by atoms with E-state index in [4.69, 9.17) is 0 Å². The molecule has 2 fully saturated rings. The van der Waals surface area contributed by atoms with E-state index in [1.165, 1.54) is 0 Å². The van der Waals surface area contributed by atoms with Crippen LogP contribution in [0.15, 0.2) is 22.7 Å². The Kier molecular flexibility index (Phi) is 3.09. The molecule has 3 rings (SSSR count). The number of hydrogen-bond donors (Lipinski definition) is 0. The molecule has 2 saturated heterocycles. The molecule has 2 amide bonds. The van der Waals surface area contributed by atoms with Gasteiger partial charge in [0.15, 0.2) is 0 Å². The zero-order valence-electron chi connectivity index (χ0n) is 10.7. The highest BCUT2D eigenvalue weighted by molar-refractivity contribution is 9.10. The minimum absolute atomic E-state index is 0.0506. The molecular formula is C14H15BrN2O2. The topological polar surface area (TPSA) is 40.6 Å². The third kappa shape index (κ3) is 2.16. The molecular weight excluding hydrogens is 308 g/mol. The Bertz CT molecular complexity index is 538. The molecule has 0 spiro atoms. The molecule has 2 aliphatic heterocycles. The minimum atomic E-state index is -0.250. The summed E-state index contributed by atoms with van der Waals surface area (Å²) in [5.41, 5.74) is 1.87. The van der Waals surface area contributed by atoms with E-state index in [-0.39, 0.29) is 24.4 Å². The van der Waals surface area contributed by atoms with E-state index in [1.54, 1.807) is 9.80 Å². The van der Waals surface area contributed by atoms with Gasteiger partial charge in [-0.1, -0.05) is 15.9 Å². The third-order valence-corrected chi connectivity index (χ3v) is 4.21. The molecule has 1 aromatic carbocycles. The van der Waals surface area contributed by atoms with Gasteiger partial charge in [-0.15, -0.1) is 0 Å². The number of amides is 2. The molecule has 4 nitrogen and oxygen atoms in total. The van der Waals surface area contributed by atoms with Gasteiger partial charge in [-0.2, -0.15) is 0 Å². The van der Waals surface area contributed by atoms with Crippen LogP contribution in [0.1, 0.15) is 18.4 Å². The Balaban J connectivity index is 1.96. The quantitative estimate of drug-likeness (QED) is 0.794. The summed E-state index contributed by atoms with van der Waals surface area (Å²) in [7, 11) is 0. The van der Waals surface area contributed by atoms with E-state index < -0.39 is 0 Å². The first-order chi connectivity index (χ1) is 9.06. The minimum Gasteiger partial charge on any atom is -0.329 e. The van der Waals surface area contributed by atoms with Gasteiger partial charge in [-0.3, -0.25) is 9.59 Å². The molecule has 1 atom stereocenters. The van der Waals surface area contributed by atoms with Crippen LogP contribution in [0.25, 0.3) is 0 Å². The average molecular weight is 323 g/mol. The van der Waals surface area contributed by atoms with Crippen molar-refractivity contribution >= 4 is 33.4 Å². The molecule has 0 saturated carbocycles. The lowest BCUT2D eigenvalue weighted by Gasteiger charge is -2.36. The number of rotatable bonds is 1. The van der Waals surface area contributed by atoms with Gasteiger partial charge >= 0.3 is 0 Å². The number of aryl methyl sites for hydroxylation is 1. The lowest BCUT2D eigenvalue weighted by Crippen LogP contribution is -2.57. The number of hydrogen-bond acceptors (Lipinski definition) is 2. The Labute approximate surface area is 120 Å². The van der Waals surface area contributed by atoms with Crippen molar-refractivity contribution in [1.29, 1.82) is 0 Å². The first-order valence-corrected chi connectivity index (χ1v) is 7.23. The summed E-state index contributed by atoms with van der Waals surface area (Å²) in [6.07, 6.45) is 1.71. The molecule has 1 unspecified atom stereocenters. The van der Waals surface area contributed by atoms with Crippen LogP contribution in [0.5, 0.6) is 0 Å². The summed E-state index contributed by atoms with van der Waals surface area (Å²) in [5, 5.41) is 0. The summed E-state index contributed by atoms with van der Waals surface area (Å²) in [4.78, 5) is 27.9. The SMILES string of the molecule is Cc1cc(Br)cc(N2CC(=O)N3CCCC3C2=O)c1. The van der Waals surface area contributed by atoms with Gasteiger partial charge in [0.1, 0.15) is 12.6 Å². The Hall–Kier alpha value is -1.36. The van der Waals surface area contributed by atoms with Crippen molar-refractivity contribution in [3.63, 3.8) is 0 Å². The Morgan fingerprint density at radius 2 is 2.05 bits per heavy atom. The lowest BCUT2D eigenvalue weighted by atomic mass is 10.1. The van der Waals surface area contributed by atoms with Crippen LogP contribution >= 0.6 is 15.9 Å². The van der Waals surface area contributed by atoms with Crippen molar-refractivity contribution < 1.29 is 9.59 Å². The number of anilines is 1. The van der Waals surface area contributed by atoms with Gasteiger partial charge in [-0.05, 0) is 43.5 Å². The van der Waals surface area contributed by atoms with Crippen LogP contribution in [0, 0.1) is 6.92 Å². The molecule has 2 aliphatic rings. The summed E-state index contributed by atoms with van der Waals surface area (Å²) in [6.45, 7) is 2.86. The van der Waals surface area contributed by atoms with Gasteiger partial charge in [0, 0.05) is 16.7 Å². The molecule has 0 N–H and O–H groups in total. The summed E-state index contributed by atoms with van der Waals surface area (Å²) < 4.78 is 0.927. The van der Waals surface area contributed by atoms with Gasteiger partial charge in [0.05, 0.1) is 0 Å². The maximum Gasteiger partial charge on any atom is 0.250 e. The maximum absolute atomic E-state index is 12.5. The fourth-order valence-corrected chi connectivity index (χ4v) is 3.49. The van der Waals surface area contributed by atoms with Crippen LogP contribution in [0.3, 0.4) is 0 Å². The highest BCUT2D eigenvalue weighted by Crippen LogP contribution is 2.29. The number of benzene rings is 1. The monoisotopic (exact) mass is 322 g/mol. The molecule has 19 heavy (non-hydrogen) atoms. The van der Waals surface area contributed by atoms with Crippen molar-refractivity contribution in [1.82, 2.24) is 4.90 Å². The van der Waals surface area contributed by atoms with E-state index in [9.17, 15) is 9.59 Å². The number of carbonyl (C=O) groups is 2. The normalized spacial score (nSPS) is 22.9. The van der Waals surface area contributed by atoms with Crippen molar-refractivity contribution in [2.45, 2.75) is 25.8 Å². The second kappa shape index (κ2) is 4.63. The zero-order valence-corrected chi connectivity index (χ0v) is 12.3. The first kappa shape index (κ1) is 12.7. The molecule has 2 heterocycles. The zero-order chi connectivity index (χ0) is 13.6. The Morgan fingerprint density at radius 3 is 2.79 bits per heavy atom. The smallest absolute Gasteiger partial charge is 0.250 e. The fourth-order valence-electron chi connectivity index (χ4n) is 2.90. The van der Waals surface area contributed by atoms with E-state index in [0.29, 0.717) is 0 Å². The molecule has 100 valence electrons. The van der Waals surface area contributed by atoms with Crippen molar-refractivity contribution in [3.05, 3.63) is 28.2 Å². The van der Waals surface area contributed by atoms with Gasteiger partial charge in [0.25, 0.3) is 0 Å². The fraction of sp³-hybridized carbons (Fsp3) is 0.429. The molecule has 5 heteroatoms. The average Bonchev–Trinajstić information content (AvgIpc) is 2.82. The Morgan fingerprint density at radius 1 is 1.26 bits per heavy atom. The summed E-state index contributed by atoms with van der Waals surface area (Å²) in [5.74, 6) is 0.106. The highest BCUT2D eigenvalue weighted by Gasteiger charge is 2.42. The summed E-state index contributed by atoms with van der Waals surface area (Å²) >= 11 is 3.44. The van der Waals surface area contributed by atoms with Gasteiger partial charge in [-0.25, -0.2) is 0 Å². The number of carbonyl (C=O) groups excluding carboxylic acids is 2. The van der Waals surface area contributed by atoms with Crippen molar-refractivity contribution in [2.75, 3.05) is 18.0 Å². The van der Waals surface area contributed by atoms with Crippen molar-refractivity contribution in [3.8, 4) is 0 Å². The molecule has 0 radical (unpaired) electrons. The number of nitrogens with zero attached hydrogens (tertiary/aromatic N) is 2. The van der Waals surface area contributed by atoms with E-state index >= 15 is 0 Å². The van der Waals surface area contributed by atoms with Gasteiger partial charge < -0.3 is 9.80 Å². The first-order valence-electron chi connectivity index (χ1n) is 6.44. The number of halogens is 1. The second-order valence-corrected chi connectivity index (χ2v) is 6.07. The standard InChI is InChI=1S/C14H15BrN2O2/c1-9-5-10(15)7-11(6-9)17-8-13(18)16-4-2-3-12(16)14(17)19/h5-7,12H,2-4,8H2,1H3. The summed E-state index contributed by atoms with van der Waals surface area (Å²) in [6, 6.07) is 5.57. The molecule has 0 aromatic heterocycles. The van der Waals surface area contributed by atoms with Gasteiger partial charge in [0.2, 0.25) is 11.8 Å². The lowest BCUT2D eigenvalue weighted by molar-refractivity contribution is -0.140. The maximum atomic E-state index is 12.5. The van der Waals surface area contributed by atoms with Crippen LogP contribution in [-0.4, -0.2) is 35.8 Å². The third-order valence-electron chi connectivity index (χ3n) is 3.76. The van der Waals surface area contributed by atoms with E-state index in [2.05, 4.69) is 15.9 Å². The van der Waals surface area contributed by atoms with Crippen LogP contribution in [0.4, 0.5) is 5.69 Å².